The molecule has 26 heavy (non-hydrogen) atoms. The van der Waals surface area contributed by atoms with Crippen LogP contribution in [0.3, 0.4) is 0 Å². The van der Waals surface area contributed by atoms with E-state index in [1.165, 1.54) is 10.0 Å². The summed E-state index contributed by atoms with van der Waals surface area (Å²) in [6, 6.07) is 0. The van der Waals surface area contributed by atoms with E-state index in [1.807, 2.05) is 48.5 Å². The Labute approximate surface area is 170 Å². The average Bonchev–Trinajstić information content (AvgIpc) is 2.60. The normalized spacial score (nSPS) is 11.4. The minimum Gasteiger partial charge on any atom is -0.282 e. The van der Waals surface area contributed by atoms with E-state index in [0.29, 0.717) is 9.98 Å². The van der Waals surface area contributed by atoms with Crippen LogP contribution in [0.5, 0.6) is 0 Å². The standard InChI is InChI=1S/C16H30N4O2S2.C2H6/c1-8-11(3)14(23)19(6)17-12(21)10-13(22)18-20(7)15(24)16(4,5)9-2;1-2/h11H,8-10H2,1-7H3,(H,17,21)(H,18,22);1-2H3. The second-order valence-corrected chi connectivity index (χ2v) is 7.36. The summed E-state index contributed by atoms with van der Waals surface area (Å²) in [5, 5.41) is 3.00. The molecule has 1 unspecified atom stereocenters. The van der Waals surface area contributed by atoms with Crippen LogP contribution in [-0.2, 0) is 9.59 Å². The minimum atomic E-state index is -0.424. The second-order valence-electron chi connectivity index (χ2n) is 6.55. The molecule has 0 saturated heterocycles. The van der Waals surface area contributed by atoms with Crippen molar-refractivity contribution in [2.45, 2.75) is 67.7 Å². The number of amides is 2. The van der Waals surface area contributed by atoms with E-state index >= 15 is 0 Å². The van der Waals surface area contributed by atoms with Crippen LogP contribution in [0, 0.1) is 11.3 Å². The zero-order valence-corrected chi connectivity index (χ0v) is 19.4. The van der Waals surface area contributed by atoms with Crippen molar-refractivity contribution in [3.05, 3.63) is 0 Å². The van der Waals surface area contributed by atoms with Gasteiger partial charge in [0.15, 0.2) is 0 Å². The quantitative estimate of drug-likeness (QED) is 0.401. The fourth-order valence-corrected chi connectivity index (χ4v) is 2.22. The van der Waals surface area contributed by atoms with E-state index in [4.69, 9.17) is 24.4 Å². The lowest BCUT2D eigenvalue weighted by atomic mass is 9.90. The van der Waals surface area contributed by atoms with Crippen LogP contribution in [0.25, 0.3) is 0 Å². The first-order valence-corrected chi connectivity index (χ1v) is 9.92. The molecular formula is C18H36N4O2S2. The van der Waals surface area contributed by atoms with Gasteiger partial charge in [0.25, 0.3) is 0 Å². The molecule has 0 aromatic rings. The molecule has 2 N–H and O–H groups in total. The number of carbonyl (C=O) groups is 2. The number of hydrazine groups is 2. The molecule has 0 spiro atoms. The van der Waals surface area contributed by atoms with Gasteiger partial charge in [-0.15, -0.1) is 0 Å². The third-order valence-electron chi connectivity index (χ3n) is 4.04. The fraction of sp³-hybridized carbons (Fsp3) is 0.778. The molecule has 0 radical (unpaired) electrons. The first-order chi connectivity index (χ1) is 12.0. The number of nitrogens with zero attached hydrogens (tertiary/aromatic N) is 2. The molecule has 0 aliphatic rings. The lowest BCUT2D eigenvalue weighted by Crippen LogP contribution is -2.50. The van der Waals surface area contributed by atoms with Gasteiger partial charge in [-0.2, -0.15) is 0 Å². The lowest BCUT2D eigenvalue weighted by molar-refractivity contribution is -0.132. The van der Waals surface area contributed by atoms with Gasteiger partial charge >= 0.3 is 0 Å². The molecule has 0 aromatic heterocycles. The molecule has 0 aromatic carbocycles. The van der Waals surface area contributed by atoms with Crippen LogP contribution in [0.2, 0.25) is 0 Å². The Hall–Kier alpha value is -1.28. The van der Waals surface area contributed by atoms with E-state index in [1.54, 1.807) is 14.1 Å². The third kappa shape index (κ3) is 9.43. The molecule has 0 bridgehead atoms. The van der Waals surface area contributed by atoms with Crippen molar-refractivity contribution >= 4 is 46.2 Å². The minimum absolute atomic E-state index is 0.180. The monoisotopic (exact) mass is 404 g/mol. The second kappa shape index (κ2) is 13.0. The van der Waals surface area contributed by atoms with Crippen LogP contribution in [0.1, 0.15) is 67.7 Å². The number of rotatable bonds is 6. The SMILES string of the molecule is CC.CCC(C)C(=S)N(C)NC(=O)CC(=O)NN(C)C(=S)C(C)(C)CC. The number of carbonyl (C=O) groups excluding carboxylic acids is 2. The van der Waals surface area contributed by atoms with Gasteiger partial charge in [0, 0.05) is 25.4 Å². The topological polar surface area (TPSA) is 64.7 Å². The molecule has 1 atom stereocenters. The number of thiocarbonyl (C=S) groups is 2. The summed E-state index contributed by atoms with van der Waals surface area (Å²) in [5.41, 5.74) is 5.03. The Bertz CT molecular complexity index is 496. The van der Waals surface area contributed by atoms with E-state index in [-0.39, 0.29) is 17.8 Å². The highest BCUT2D eigenvalue weighted by Gasteiger charge is 2.25. The van der Waals surface area contributed by atoms with Crippen molar-refractivity contribution in [2.75, 3.05) is 14.1 Å². The van der Waals surface area contributed by atoms with Crippen LogP contribution in [0.4, 0.5) is 0 Å². The van der Waals surface area contributed by atoms with Crippen molar-refractivity contribution in [3.63, 3.8) is 0 Å². The maximum absolute atomic E-state index is 12.0. The van der Waals surface area contributed by atoms with Crippen molar-refractivity contribution in [2.24, 2.45) is 11.3 Å². The third-order valence-corrected chi connectivity index (χ3v) is 5.54. The summed E-state index contributed by atoms with van der Waals surface area (Å²) in [7, 11) is 3.36. The Morgan fingerprint density at radius 2 is 1.42 bits per heavy atom. The van der Waals surface area contributed by atoms with Crippen LogP contribution < -0.4 is 10.9 Å². The molecule has 0 aliphatic heterocycles. The predicted octanol–water partition coefficient (Wildman–Crippen LogP) is 3.47. The molecular weight excluding hydrogens is 368 g/mol. The molecule has 0 aliphatic carbocycles. The fourth-order valence-electron chi connectivity index (χ4n) is 1.82. The number of hydrogen-bond donors (Lipinski definition) is 2. The summed E-state index contributed by atoms with van der Waals surface area (Å²) < 4.78 is 0. The summed E-state index contributed by atoms with van der Waals surface area (Å²) in [6.45, 7) is 14.1. The lowest BCUT2D eigenvalue weighted by Gasteiger charge is -2.31. The van der Waals surface area contributed by atoms with Crippen LogP contribution >= 0.6 is 24.4 Å². The molecule has 0 rings (SSSR count). The smallest absolute Gasteiger partial charge is 0.248 e. The molecule has 2 amide bonds. The van der Waals surface area contributed by atoms with E-state index in [9.17, 15) is 9.59 Å². The average molecular weight is 405 g/mol. The van der Waals surface area contributed by atoms with Crippen LogP contribution in [0.15, 0.2) is 0 Å². The first kappa shape index (κ1) is 26.9. The van der Waals surface area contributed by atoms with Crippen molar-refractivity contribution < 1.29 is 9.59 Å². The summed E-state index contributed by atoms with van der Waals surface area (Å²) >= 11 is 10.6. The van der Waals surface area contributed by atoms with Gasteiger partial charge in [0.1, 0.15) is 11.4 Å². The van der Waals surface area contributed by atoms with Gasteiger partial charge in [-0.1, -0.05) is 72.9 Å². The highest BCUT2D eigenvalue weighted by molar-refractivity contribution is 7.80. The highest BCUT2D eigenvalue weighted by atomic mass is 32.1. The zero-order chi connectivity index (χ0) is 21.1. The zero-order valence-electron chi connectivity index (χ0n) is 17.7. The Kier molecular flexibility index (Phi) is 13.4. The molecule has 152 valence electrons. The van der Waals surface area contributed by atoms with Gasteiger partial charge < -0.3 is 0 Å². The maximum Gasteiger partial charge on any atom is 0.248 e. The first-order valence-electron chi connectivity index (χ1n) is 9.10. The highest BCUT2D eigenvalue weighted by Crippen LogP contribution is 2.23. The molecule has 6 nitrogen and oxygen atoms in total. The van der Waals surface area contributed by atoms with Gasteiger partial charge in [-0.3, -0.25) is 30.5 Å². The summed E-state index contributed by atoms with van der Waals surface area (Å²) in [5.74, 6) is -0.666. The maximum atomic E-state index is 12.0. The van der Waals surface area contributed by atoms with Gasteiger partial charge in [0.2, 0.25) is 11.8 Å². The molecule has 8 heteroatoms. The van der Waals surface area contributed by atoms with Gasteiger partial charge in [-0.05, 0) is 12.8 Å². The van der Waals surface area contributed by atoms with E-state index in [2.05, 4.69) is 10.9 Å². The molecule has 0 fully saturated rings. The molecule has 0 saturated carbocycles. The van der Waals surface area contributed by atoms with Crippen molar-refractivity contribution in [1.82, 2.24) is 20.9 Å². The Morgan fingerprint density at radius 1 is 1.00 bits per heavy atom. The number of nitrogens with one attached hydrogen (secondary N) is 2. The largest absolute Gasteiger partial charge is 0.282 e. The van der Waals surface area contributed by atoms with Crippen molar-refractivity contribution in [1.29, 1.82) is 0 Å². The summed E-state index contributed by atoms with van der Waals surface area (Å²) in [4.78, 5) is 25.2. The van der Waals surface area contributed by atoms with Crippen molar-refractivity contribution in [3.8, 4) is 0 Å². The van der Waals surface area contributed by atoms with Gasteiger partial charge in [0.05, 0.1) is 4.99 Å². The number of hydrogen-bond acceptors (Lipinski definition) is 4. The predicted molar refractivity (Wildman–Crippen MR) is 116 cm³/mol. The Morgan fingerprint density at radius 3 is 1.81 bits per heavy atom. The van der Waals surface area contributed by atoms with E-state index < -0.39 is 11.8 Å². The summed E-state index contributed by atoms with van der Waals surface area (Å²) in [6.07, 6.45) is 1.44. The van der Waals surface area contributed by atoms with E-state index in [0.717, 1.165) is 12.8 Å². The molecule has 0 heterocycles. The van der Waals surface area contributed by atoms with Crippen LogP contribution in [-0.4, -0.2) is 45.9 Å². The Balaban J connectivity index is 0. The van der Waals surface area contributed by atoms with Gasteiger partial charge in [-0.25, -0.2) is 0 Å².